The first kappa shape index (κ1) is 20.0. The van der Waals surface area contributed by atoms with Gasteiger partial charge in [0.15, 0.2) is 0 Å². The highest BCUT2D eigenvalue weighted by atomic mass is 32.1. The Morgan fingerprint density at radius 3 is 2.81 bits per heavy atom. The molecule has 148 valence electrons. The van der Waals surface area contributed by atoms with Crippen molar-refractivity contribution in [3.63, 3.8) is 0 Å². The third-order valence-corrected chi connectivity index (χ3v) is 6.87. The van der Waals surface area contributed by atoms with E-state index >= 15 is 0 Å². The minimum Gasteiger partial charge on any atom is -0.378 e. The molecule has 0 N–H and O–H groups in total. The number of nitrogens with zero attached hydrogens (tertiary/aromatic N) is 4. The second-order valence-electron chi connectivity index (χ2n) is 8.04. The molecule has 0 bridgehead atoms. The molecular formula is C20H30N4O2S. The van der Waals surface area contributed by atoms with E-state index in [2.05, 4.69) is 30.9 Å². The van der Waals surface area contributed by atoms with E-state index < -0.39 is 0 Å². The maximum atomic E-state index is 13.1. The van der Waals surface area contributed by atoms with Crippen molar-refractivity contribution >= 4 is 17.2 Å². The van der Waals surface area contributed by atoms with Crippen LogP contribution < -0.4 is 0 Å². The summed E-state index contributed by atoms with van der Waals surface area (Å²) < 4.78 is 7.78. The number of aromatic nitrogens is 3. The fraction of sp³-hybridized carbons (Fsp3) is 0.650. The van der Waals surface area contributed by atoms with Crippen molar-refractivity contribution < 1.29 is 9.53 Å². The second-order valence-corrected chi connectivity index (χ2v) is 9.04. The van der Waals surface area contributed by atoms with Crippen LogP contribution in [0.2, 0.25) is 0 Å². The van der Waals surface area contributed by atoms with E-state index in [1.165, 1.54) is 11.3 Å². The number of carbonyl (C=O) groups excluding carboxylic acids is 1. The van der Waals surface area contributed by atoms with Gasteiger partial charge < -0.3 is 9.64 Å². The maximum absolute atomic E-state index is 13.1. The molecule has 0 spiro atoms. The van der Waals surface area contributed by atoms with Crippen molar-refractivity contribution in [2.24, 2.45) is 12.5 Å². The lowest BCUT2D eigenvalue weighted by Crippen LogP contribution is -2.62. The molecule has 1 aliphatic rings. The van der Waals surface area contributed by atoms with E-state index in [4.69, 9.17) is 4.74 Å². The van der Waals surface area contributed by atoms with E-state index in [0.29, 0.717) is 4.88 Å². The number of thiazole rings is 1. The van der Waals surface area contributed by atoms with E-state index in [1.807, 2.05) is 32.1 Å². The summed E-state index contributed by atoms with van der Waals surface area (Å²) in [5, 5.41) is 5.03. The van der Waals surface area contributed by atoms with Crippen LogP contribution in [-0.4, -0.2) is 51.4 Å². The van der Waals surface area contributed by atoms with Gasteiger partial charge in [0.1, 0.15) is 9.88 Å². The first-order valence-corrected chi connectivity index (χ1v) is 10.4. The van der Waals surface area contributed by atoms with Gasteiger partial charge in [0.2, 0.25) is 0 Å². The molecule has 0 aromatic carbocycles. The normalized spacial score (nSPS) is 21.1. The number of carbonyl (C=O) groups is 1. The molecule has 7 heteroatoms. The summed E-state index contributed by atoms with van der Waals surface area (Å²) in [5.74, 6) is 0.0465. The Morgan fingerprint density at radius 1 is 1.48 bits per heavy atom. The summed E-state index contributed by atoms with van der Waals surface area (Å²) in [6, 6.07) is 0.181. The van der Waals surface area contributed by atoms with Gasteiger partial charge in [-0.3, -0.25) is 9.48 Å². The SMILES string of the molecule is CCCCO[C@H]1C[C@@H](N(C)C(=O)c2sc(-c3cnn(C)c3)nc2C)C1(C)C. The highest BCUT2D eigenvalue weighted by molar-refractivity contribution is 7.17. The molecule has 0 saturated heterocycles. The fourth-order valence-corrected chi connectivity index (χ4v) is 4.75. The van der Waals surface area contributed by atoms with Gasteiger partial charge in [0.05, 0.1) is 18.0 Å². The quantitative estimate of drug-likeness (QED) is 0.673. The molecule has 6 nitrogen and oxygen atoms in total. The Bertz CT molecular complexity index is 811. The average Bonchev–Trinajstić information content (AvgIpc) is 3.22. The Labute approximate surface area is 165 Å². The minimum absolute atomic E-state index is 0.0388. The Kier molecular flexibility index (Phi) is 5.72. The summed E-state index contributed by atoms with van der Waals surface area (Å²) in [6.45, 7) is 9.27. The number of amides is 1. The molecule has 0 radical (unpaired) electrons. The molecule has 0 aliphatic heterocycles. The van der Waals surface area contributed by atoms with Crippen molar-refractivity contribution in [3.05, 3.63) is 23.0 Å². The van der Waals surface area contributed by atoms with Crippen LogP contribution in [0, 0.1) is 12.3 Å². The van der Waals surface area contributed by atoms with E-state index in [-0.39, 0.29) is 23.5 Å². The molecule has 1 fully saturated rings. The molecule has 27 heavy (non-hydrogen) atoms. The largest absolute Gasteiger partial charge is 0.378 e. The molecule has 3 rings (SSSR count). The lowest BCUT2D eigenvalue weighted by Gasteiger charge is -2.54. The molecule has 1 saturated carbocycles. The number of rotatable bonds is 7. The number of unbranched alkanes of at least 4 members (excludes halogenated alkanes) is 1. The zero-order valence-corrected chi connectivity index (χ0v) is 18.0. The smallest absolute Gasteiger partial charge is 0.265 e. The van der Waals surface area contributed by atoms with Crippen LogP contribution in [0.15, 0.2) is 12.4 Å². The highest BCUT2D eigenvalue weighted by Crippen LogP contribution is 2.46. The van der Waals surface area contributed by atoms with Crippen LogP contribution in [0.25, 0.3) is 10.6 Å². The van der Waals surface area contributed by atoms with Crippen molar-refractivity contribution in [2.45, 2.75) is 59.1 Å². The predicted molar refractivity (Wildman–Crippen MR) is 108 cm³/mol. The lowest BCUT2D eigenvalue weighted by atomic mass is 9.63. The number of hydrogen-bond acceptors (Lipinski definition) is 5. The first-order chi connectivity index (χ1) is 12.8. The van der Waals surface area contributed by atoms with Crippen molar-refractivity contribution in [1.29, 1.82) is 0 Å². The van der Waals surface area contributed by atoms with Crippen LogP contribution in [-0.2, 0) is 11.8 Å². The van der Waals surface area contributed by atoms with Crippen molar-refractivity contribution in [1.82, 2.24) is 19.7 Å². The van der Waals surface area contributed by atoms with Crippen LogP contribution in [0.1, 0.15) is 55.4 Å². The van der Waals surface area contributed by atoms with Crippen LogP contribution in [0.3, 0.4) is 0 Å². The van der Waals surface area contributed by atoms with Crippen molar-refractivity contribution in [3.8, 4) is 10.6 Å². The predicted octanol–water partition coefficient (Wildman–Crippen LogP) is 3.91. The number of ether oxygens (including phenoxy) is 1. The molecule has 2 aromatic rings. The molecule has 2 atom stereocenters. The van der Waals surface area contributed by atoms with Gasteiger partial charge >= 0.3 is 0 Å². The van der Waals surface area contributed by atoms with Crippen molar-refractivity contribution in [2.75, 3.05) is 13.7 Å². The van der Waals surface area contributed by atoms with E-state index in [9.17, 15) is 4.79 Å². The van der Waals surface area contributed by atoms with Crippen LogP contribution in [0.5, 0.6) is 0 Å². The van der Waals surface area contributed by atoms with Gasteiger partial charge in [0.25, 0.3) is 5.91 Å². The Hall–Kier alpha value is -1.73. The van der Waals surface area contributed by atoms with E-state index in [0.717, 1.165) is 42.1 Å². The lowest BCUT2D eigenvalue weighted by molar-refractivity contribution is -0.140. The number of hydrogen-bond donors (Lipinski definition) is 0. The molecule has 1 amide bonds. The third-order valence-electron chi connectivity index (χ3n) is 5.67. The summed E-state index contributed by atoms with van der Waals surface area (Å²) in [4.78, 5) is 20.3. The van der Waals surface area contributed by atoms with Gasteiger partial charge in [-0.15, -0.1) is 11.3 Å². The van der Waals surface area contributed by atoms with Gasteiger partial charge in [-0.2, -0.15) is 5.10 Å². The summed E-state index contributed by atoms with van der Waals surface area (Å²) in [5.41, 5.74) is 1.69. The summed E-state index contributed by atoms with van der Waals surface area (Å²) >= 11 is 1.45. The zero-order chi connectivity index (χ0) is 19.8. The van der Waals surface area contributed by atoms with Gasteiger partial charge in [0, 0.05) is 43.9 Å². The summed E-state index contributed by atoms with van der Waals surface area (Å²) in [7, 11) is 3.78. The Balaban J connectivity index is 1.70. The molecule has 2 heterocycles. The second kappa shape index (κ2) is 7.72. The maximum Gasteiger partial charge on any atom is 0.265 e. The first-order valence-electron chi connectivity index (χ1n) is 9.60. The van der Waals surface area contributed by atoms with Crippen LogP contribution >= 0.6 is 11.3 Å². The standard InChI is InChI=1S/C20H30N4O2S/c1-7-8-9-26-16-10-15(20(16,3)4)24(6)19(25)17-13(2)22-18(27-17)14-11-21-23(5)12-14/h11-12,15-16H,7-10H2,1-6H3/t15-,16+/m1/s1. The minimum atomic E-state index is -0.0388. The Morgan fingerprint density at radius 2 is 2.22 bits per heavy atom. The van der Waals surface area contributed by atoms with Crippen LogP contribution in [0.4, 0.5) is 0 Å². The molecule has 1 aliphatic carbocycles. The zero-order valence-electron chi connectivity index (χ0n) is 17.2. The fourth-order valence-electron chi connectivity index (χ4n) is 3.73. The molecule has 2 aromatic heterocycles. The highest BCUT2D eigenvalue weighted by Gasteiger charge is 2.52. The molecule has 0 unspecified atom stereocenters. The number of aryl methyl sites for hydroxylation is 2. The van der Waals surface area contributed by atoms with Gasteiger partial charge in [-0.25, -0.2) is 4.98 Å². The van der Waals surface area contributed by atoms with Gasteiger partial charge in [-0.1, -0.05) is 27.2 Å². The monoisotopic (exact) mass is 390 g/mol. The average molecular weight is 391 g/mol. The van der Waals surface area contributed by atoms with E-state index in [1.54, 1.807) is 10.9 Å². The van der Waals surface area contributed by atoms with Gasteiger partial charge in [-0.05, 0) is 19.8 Å². The summed E-state index contributed by atoms with van der Waals surface area (Å²) in [6.07, 6.45) is 7.04. The topological polar surface area (TPSA) is 60.2 Å². The third kappa shape index (κ3) is 3.80. The molecular weight excluding hydrogens is 360 g/mol.